The highest BCUT2D eigenvalue weighted by molar-refractivity contribution is 6.31. The zero-order valence-corrected chi connectivity index (χ0v) is 11.0. The summed E-state index contributed by atoms with van der Waals surface area (Å²) in [6.45, 7) is 3.66. The number of carbonyl (C=O) groups excluding carboxylic acids is 1. The first-order chi connectivity index (χ1) is 8.61. The van der Waals surface area contributed by atoms with Crippen LogP contribution in [0.3, 0.4) is 0 Å². The summed E-state index contributed by atoms with van der Waals surface area (Å²) in [5.74, 6) is -0.235. The summed E-state index contributed by atoms with van der Waals surface area (Å²) >= 11 is 5.85. The zero-order chi connectivity index (χ0) is 13.1. The van der Waals surface area contributed by atoms with E-state index in [1.165, 1.54) is 12.1 Å². The van der Waals surface area contributed by atoms with Crippen LogP contribution in [0.5, 0.6) is 5.75 Å². The monoisotopic (exact) mass is 269 g/mol. The Morgan fingerprint density at radius 1 is 1.61 bits per heavy atom. The average Bonchev–Trinajstić information content (AvgIpc) is 2.41. The molecule has 1 aromatic carbocycles. The van der Waals surface area contributed by atoms with Crippen molar-refractivity contribution in [1.29, 1.82) is 0 Å². The molecule has 0 aromatic heterocycles. The lowest BCUT2D eigenvalue weighted by atomic mass is 10.1. The number of halogens is 1. The van der Waals surface area contributed by atoms with Crippen LogP contribution in [0.4, 0.5) is 0 Å². The van der Waals surface area contributed by atoms with Gasteiger partial charge in [-0.3, -0.25) is 4.79 Å². The van der Waals surface area contributed by atoms with Gasteiger partial charge >= 0.3 is 0 Å². The van der Waals surface area contributed by atoms with Crippen molar-refractivity contribution < 1.29 is 14.6 Å². The normalized spacial score (nSPS) is 19.9. The molecule has 5 heteroatoms. The van der Waals surface area contributed by atoms with Gasteiger partial charge < -0.3 is 14.7 Å². The van der Waals surface area contributed by atoms with E-state index in [-0.39, 0.29) is 23.3 Å². The van der Waals surface area contributed by atoms with Crippen molar-refractivity contribution in [2.75, 3.05) is 19.7 Å². The fourth-order valence-corrected chi connectivity index (χ4v) is 2.17. The van der Waals surface area contributed by atoms with Gasteiger partial charge in [0.05, 0.1) is 18.3 Å². The van der Waals surface area contributed by atoms with Gasteiger partial charge in [-0.2, -0.15) is 0 Å². The number of hydrogen-bond donors (Lipinski definition) is 1. The van der Waals surface area contributed by atoms with Gasteiger partial charge in [0, 0.05) is 18.1 Å². The van der Waals surface area contributed by atoms with Crippen LogP contribution in [-0.4, -0.2) is 41.7 Å². The van der Waals surface area contributed by atoms with E-state index in [1.54, 1.807) is 11.0 Å². The number of phenols is 1. The largest absolute Gasteiger partial charge is 0.507 e. The van der Waals surface area contributed by atoms with E-state index < -0.39 is 0 Å². The second kappa shape index (κ2) is 5.59. The number of carbonyl (C=O) groups is 1. The Morgan fingerprint density at radius 3 is 3.11 bits per heavy atom. The third kappa shape index (κ3) is 2.76. The maximum absolute atomic E-state index is 12.3. The summed E-state index contributed by atoms with van der Waals surface area (Å²) < 4.78 is 5.51. The Morgan fingerprint density at radius 2 is 2.39 bits per heavy atom. The molecule has 1 atom stereocenters. The lowest BCUT2D eigenvalue weighted by Gasteiger charge is -2.32. The van der Waals surface area contributed by atoms with Crippen molar-refractivity contribution in [2.45, 2.75) is 19.4 Å². The number of ether oxygens (including phenoxy) is 1. The van der Waals surface area contributed by atoms with Gasteiger partial charge in [0.15, 0.2) is 0 Å². The number of aromatic hydroxyl groups is 1. The Hall–Kier alpha value is -1.26. The fraction of sp³-hybridized carbons (Fsp3) is 0.462. The third-order valence-corrected chi connectivity index (χ3v) is 3.31. The molecule has 4 nitrogen and oxygen atoms in total. The van der Waals surface area contributed by atoms with Crippen molar-refractivity contribution >= 4 is 17.5 Å². The molecule has 1 aromatic rings. The van der Waals surface area contributed by atoms with Gasteiger partial charge in [-0.05, 0) is 24.6 Å². The van der Waals surface area contributed by atoms with Gasteiger partial charge in [0.25, 0.3) is 5.91 Å². The van der Waals surface area contributed by atoms with Crippen LogP contribution in [0.1, 0.15) is 23.7 Å². The molecule has 1 aliphatic rings. The topological polar surface area (TPSA) is 49.8 Å². The number of benzene rings is 1. The maximum atomic E-state index is 12.3. The molecule has 1 heterocycles. The molecule has 18 heavy (non-hydrogen) atoms. The number of hydrogen-bond acceptors (Lipinski definition) is 3. The molecular formula is C13H16ClNO3. The van der Waals surface area contributed by atoms with Crippen LogP contribution < -0.4 is 0 Å². The van der Waals surface area contributed by atoms with Crippen LogP contribution >= 0.6 is 11.6 Å². The molecule has 1 fully saturated rings. The summed E-state index contributed by atoms with van der Waals surface area (Å²) in [7, 11) is 0. The second-order valence-corrected chi connectivity index (χ2v) is 4.75. The highest BCUT2D eigenvalue weighted by atomic mass is 35.5. The number of nitrogens with zero attached hydrogens (tertiary/aromatic N) is 1. The molecule has 0 spiro atoms. The molecule has 98 valence electrons. The van der Waals surface area contributed by atoms with Crippen molar-refractivity contribution in [3.63, 3.8) is 0 Å². The molecule has 0 aliphatic carbocycles. The van der Waals surface area contributed by atoms with Crippen LogP contribution in [0.15, 0.2) is 18.2 Å². The van der Waals surface area contributed by atoms with Crippen LogP contribution in [0.25, 0.3) is 0 Å². The van der Waals surface area contributed by atoms with Crippen molar-refractivity contribution in [2.24, 2.45) is 0 Å². The molecule has 0 saturated carbocycles. The number of amides is 1. The molecule has 1 N–H and O–H groups in total. The molecule has 1 aliphatic heterocycles. The highest BCUT2D eigenvalue weighted by Gasteiger charge is 2.25. The van der Waals surface area contributed by atoms with Crippen molar-refractivity contribution in [1.82, 2.24) is 4.90 Å². The average molecular weight is 270 g/mol. The predicted octanol–water partition coefficient (Wildman–Crippen LogP) is 2.30. The molecule has 1 amide bonds. The molecule has 0 unspecified atom stereocenters. The molecular weight excluding hydrogens is 254 g/mol. The summed E-state index contributed by atoms with van der Waals surface area (Å²) in [6, 6.07) is 4.49. The van der Waals surface area contributed by atoms with E-state index >= 15 is 0 Å². The molecule has 1 saturated heterocycles. The Kier molecular flexibility index (Phi) is 4.09. The number of phenolic OH excluding ortho intramolecular Hbond substituents is 1. The first-order valence-corrected chi connectivity index (χ1v) is 6.39. The highest BCUT2D eigenvalue weighted by Crippen LogP contribution is 2.24. The van der Waals surface area contributed by atoms with E-state index in [1.807, 2.05) is 6.92 Å². The SMILES string of the molecule is CC[C@@H]1CN(C(=O)c2cc(Cl)ccc2O)CCO1. The smallest absolute Gasteiger partial charge is 0.257 e. The van der Waals surface area contributed by atoms with Gasteiger partial charge in [-0.15, -0.1) is 0 Å². The third-order valence-electron chi connectivity index (χ3n) is 3.07. The van der Waals surface area contributed by atoms with E-state index in [9.17, 15) is 9.90 Å². The summed E-state index contributed by atoms with van der Waals surface area (Å²) in [6.07, 6.45) is 0.940. The number of morpholine rings is 1. The van der Waals surface area contributed by atoms with Crippen LogP contribution in [0.2, 0.25) is 5.02 Å². The lowest BCUT2D eigenvalue weighted by Crippen LogP contribution is -2.45. The minimum atomic E-state index is -0.197. The van der Waals surface area contributed by atoms with E-state index in [2.05, 4.69) is 0 Å². The van der Waals surface area contributed by atoms with E-state index in [0.717, 1.165) is 6.42 Å². The standard InChI is InChI=1S/C13H16ClNO3/c1-2-10-8-15(5-6-18-10)13(17)11-7-9(14)3-4-12(11)16/h3-4,7,10,16H,2,5-6,8H2,1H3/t10-/m1/s1. The fourth-order valence-electron chi connectivity index (χ4n) is 2.00. The van der Waals surface area contributed by atoms with E-state index in [0.29, 0.717) is 24.7 Å². The quantitative estimate of drug-likeness (QED) is 0.896. The van der Waals surface area contributed by atoms with Gasteiger partial charge in [0.2, 0.25) is 0 Å². The van der Waals surface area contributed by atoms with Crippen LogP contribution in [0, 0.1) is 0 Å². The molecule has 0 radical (unpaired) electrons. The zero-order valence-electron chi connectivity index (χ0n) is 10.2. The lowest BCUT2D eigenvalue weighted by molar-refractivity contribution is -0.0227. The molecule has 0 bridgehead atoms. The van der Waals surface area contributed by atoms with Gasteiger partial charge in [-0.25, -0.2) is 0 Å². The van der Waals surface area contributed by atoms with Gasteiger partial charge in [-0.1, -0.05) is 18.5 Å². The minimum absolute atomic E-state index is 0.0380. The van der Waals surface area contributed by atoms with Crippen LogP contribution in [-0.2, 0) is 4.74 Å². The summed E-state index contributed by atoms with van der Waals surface area (Å²) in [5, 5.41) is 10.2. The second-order valence-electron chi connectivity index (χ2n) is 4.31. The van der Waals surface area contributed by atoms with Gasteiger partial charge in [0.1, 0.15) is 5.75 Å². The summed E-state index contributed by atoms with van der Waals surface area (Å²) in [4.78, 5) is 14.0. The Bertz CT molecular complexity index is 450. The van der Waals surface area contributed by atoms with Crippen molar-refractivity contribution in [3.05, 3.63) is 28.8 Å². The Balaban J connectivity index is 2.17. The first-order valence-electron chi connectivity index (χ1n) is 6.01. The Labute approximate surface area is 111 Å². The minimum Gasteiger partial charge on any atom is -0.507 e. The van der Waals surface area contributed by atoms with Crippen molar-refractivity contribution in [3.8, 4) is 5.75 Å². The predicted molar refractivity (Wildman–Crippen MR) is 69.1 cm³/mol. The number of rotatable bonds is 2. The first kappa shape index (κ1) is 13.2. The van der Waals surface area contributed by atoms with E-state index in [4.69, 9.17) is 16.3 Å². The molecule has 2 rings (SSSR count). The maximum Gasteiger partial charge on any atom is 0.257 e. The summed E-state index contributed by atoms with van der Waals surface area (Å²) in [5.41, 5.74) is 0.249.